The Morgan fingerprint density at radius 3 is 2.64 bits per heavy atom. The number of nitrogens with zero attached hydrogens (tertiary/aromatic N) is 4. The van der Waals surface area contributed by atoms with Gasteiger partial charge in [0.05, 0.1) is 11.4 Å². The van der Waals surface area contributed by atoms with Crippen molar-refractivity contribution < 1.29 is 18.8 Å². The summed E-state index contributed by atoms with van der Waals surface area (Å²) in [6.07, 6.45) is 2.31. The van der Waals surface area contributed by atoms with Crippen molar-refractivity contribution in [2.75, 3.05) is 5.75 Å². The van der Waals surface area contributed by atoms with Gasteiger partial charge in [-0.15, -0.1) is 10.2 Å². The van der Waals surface area contributed by atoms with Crippen LogP contribution in [-0.2, 0) is 16.0 Å². The van der Waals surface area contributed by atoms with Crippen LogP contribution >= 0.6 is 11.8 Å². The molecule has 0 bridgehead atoms. The molecule has 0 saturated carbocycles. The van der Waals surface area contributed by atoms with Crippen molar-refractivity contribution in [3.05, 3.63) is 72.3 Å². The van der Waals surface area contributed by atoms with Crippen LogP contribution in [0.25, 0.3) is 5.69 Å². The van der Waals surface area contributed by atoms with Gasteiger partial charge in [-0.05, 0) is 37.5 Å². The maximum Gasteiger partial charge on any atom is 0.344 e. The molecule has 2 heterocycles. The van der Waals surface area contributed by atoms with Gasteiger partial charge in [0.1, 0.15) is 17.7 Å². The SMILES string of the molecule is CC1(CCc2ccccc2)NC(=O)N(NC(=O)CSc2nncn2-c2ccccc2F)C1=O. The highest BCUT2D eigenvalue weighted by Crippen LogP contribution is 2.23. The van der Waals surface area contributed by atoms with Crippen LogP contribution in [-0.4, -0.2) is 48.9 Å². The van der Waals surface area contributed by atoms with E-state index in [9.17, 15) is 18.8 Å². The van der Waals surface area contributed by atoms with Crippen molar-refractivity contribution in [3.8, 4) is 5.69 Å². The molecule has 1 aliphatic rings. The number of hydrogen-bond donors (Lipinski definition) is 2. The molecule has 33 heavy (non-hydrogen) atoms. The van der Waals surface area contributed by atoms with Crippen molar-refractivity contribution in [3.63, 3.8) is 0 Å². The lowest BCUT2D eigenvalue weighted by molar-refractivity contribution is -0.138. The molecule has 3 aromatic rings. The predicted octanol–water partition coefficient (Wildman–Crippen LogP) is 2.47. The number of para-hydroxylation sites is 1. The van der Waals surface area contributed by atoms with E-state index in [1.807, 2.05) is 30.3 Å². The molecule has 1 aromatic heterocycles. The Labute approximate surface area is 193 Å². The average molecular weight is 469 g/mol. The Morgan fingerprint density at radius 1 is 1.15 bits per heavy atom. The van der Waals surface area contributed by atoms with E-state index in [-0.39, 0.29) is 11.4 Å². The second-order valence-corrected chi connectivity index (χ2v) is 8.59. The third-order valence-corrected chi connectivity index (χ3v) is 6.16. The summed E-state index contributed by atoms with van der Waals surface area (Å²) in [7, 11) is 0. The molecule has 1 unspecified atom stereocenters. The minimum absolute atomic E-state index is 0.162. The fourth-order valence-corrected chi connectivity index (χ4v) is 4.13. The molecule has 4 rings (SSSR count). The summed E-state index contributed by atoms with van der Waals surface area (Å²) in [6.45, 7) is 1.63. The molecular formula is C22H21FN6O3S. The second kappa shape index (κ2) is 9.41. The van der Waals surface area contributed by atoms with E-state index in [4.69, 9.17) is 0 Å². The largest absolute Gasteiger partial charge is 0.344 e. The second-order valence-electron chi connectivity index (χ2n) is 7.65. The summed E-state index contributed by atoms with van der Waals surface area (Å²) >= 11 is 1.000. The maximum absolute atomic E-state index is 14.1. The van der Waals surface area contributed by atoms with Gasteiger partial charge in [0.2, 0.25) is 5.91 Å². The Morgan fingerprint density at radius 2 is 1.88 bits per heavy atom. The number of aryl methyl sites for hydroxylation is 1. The van der Waals surface area contributed by atoms with Crippen LogP contribution in [0.3, 0.4) is 0 Å². The van der Waals surface area contributed by atoms with Gasteiger partial charge in [0, 0.05) is 0 Å². The zero-order valence-electron chi connectivity index (χ0n) is 17.7. The number of benzene rings is 2. The number of rotatable bonds is 8. The summed E-state index contributed by atoms with van der Waals surface area (Å²) in [6, 6.07) is 15.0. The van der Waals surface area contributed by atoms with Crippen LogP contribution in [0.1, 0.15) is 18.9 Å². The van der Waals surface area contributed by atoms with Crippen molar-refractivity contribution in [2.45, 2.75) is 30.5 Å². The lowest BCUT2D eigenvalue weighted by Crippen LogP contribution is -2.49. The predicted molar refractivity (Wildman–Crippen MR) is 119 cm³/mol. The zero-order valence-corrected chi connectivity index (χ0v) is 18.5. The first-order chi connectivity index (χ1) is 15.9. The molecule has 4 amide bonds. The minimum atomic E-state index is -1.13. The molecule has 1 atom stereocenters. The molecule has 1 saturated heterocycles. The molecule has 170 valence electrons. The summed E-state index contributed by atoms with van der Waals surface area (Å²) in [5.74, 6) is -1.74. The first-order valence-corrected chi connectivity index (χ1v) is 11.1. The Hall–Kier alpha value is -3.73. The standard InChI is InChI=1S/C22H21FN6O3S/c1-22(12-11-15-7-3-2-4-8-15)19(31)29(20(32)25-22)27-18(30)13-33-21-26-24-14-28(21)17-10-6-5-9-16(17)23/h2-10,14H,11-13H2,1H3,(H,25,32)(H,27,30). The number of thioether (sulfide) groups is 1. The van der Waals surface area contributed by atoms with Gasteiger partial charge in [-0.25, -0.2) is 9.18 Å². The number of imide groups is 1. The lowest BCUT2D eigenvalue weighted by atomic mass is 9.93. The van der Waals surface area contributed by atoms with E-state index in [2.05, 4.69) is 20.9 Å². The van der Waals surface area contributed by atoms with Crippen LogP contribution < -0.4 is 10.7 Å². The Bertz CT molecular complexity index is 1190. The third-order valence-electron chi connectivity index (χ3n) is 5.21. The average Bonchev–Trinajstić information content (AvgIpc) is 3.36. The van der Waals surface area contributed by atoms with Gasteiger partial charge < -0.3 is 5.32 Å². The number of hydrazine groups is 1. The van der Waals surface area contributed by atoms with Crippen LogP contribution in [0.2, 0.25) is 0 Å². The first-order valence-electron chi connectivity index (χ1n) is 10.2. The molecule has 9 nitrogen and oxygen atoms in total. The van der Waals surface area contributed by atoms with Crippen LogP contribution in [0.5, 0.6) is 0 Å². The van der Waals surface area contributed by atoms with Crippen molar-refractivity contribution in [1.29, 1.82) is 0 Å². The van der Waals surface area contributed by atoms with Gasteiger partial charge >= 0.3 is 6.03 Å². The molecule has 2 N–H and O–H groups in total. The fraction of sp³-hybridized carbons (Fsp3) is 0.227. The number of urea groups is 1. The van der Waals surface area contributed by atoms with Gasteiger partial charge in [-0.3, -0.25) is 19.6 Å². The van der Waals surface area contributed by atoms with E-state index in [1.54, 1.807) is 25.1 Å². The first kappa shape index (κ1) is 22.5. The number of hydrogen-bond acceptors (Lipinski definition) is 6. The molecule has 1 fully saturated rings. The van der Waals surface area contributed by atoms with Gasteiger partial charge in [0.15, 0.2) is 5.16 Å². The van der Waals surface area contributed by atoms with Crippen molar-refractivity contribution >= 4 is 29.6 Å². The van der Waals surface area contributed by atoms with E-state index >= 15 is 0 Å². The number of amides is 4. The maximum atomic E-state index is 14.1. The van der Waals surface area contributed by atoms with E-state index < -0.39 is 29.2 Å². The van der Waals surface area contributed by atoms with Gasteiger partial charge in [0.25, 0.3) is 5.91 Å². The van der Waals surface area contributed by atoms with Crippen LogP contribution in [0.4, 0.5) is 9.18 Å². The van der Waals surface area contributed by atoms with Gasteiger partial charge in [-0.2, -0.15) is 5.01 Å². The summed E-state index contributed by atoms with van der Waals surface area (Å²) in [5.41, 5.74) is 2.50. The van der Waals surface area contributed by atoms with Crippen molar-refractivity contribution in [1.82, 2.24) is 30.5 Å². The summed E-state index contributed by atoms with van der Waals surface area (Å²) in [5, 5.41) is 11.3. The Kier molecular flexibility index (Phi) is 6.40. The van der Waals surface area contributed by atoms with Crippen molar-refractivity contribution in [2.24, 2.45) is 0 Å². The normalized spacial score (nSPS) is 17.8. The summed E-state index contributed by atoms with van der Waals surface area (Å²) in [4.78, 5) is 37.7. The number of nitrogens with one attached hydrogen (secondary N) is 2. The lowest BCUT2D eigenvalue weighted by Gasteiger charge is -2.21. The van der Waals surface area contributed by atoms with E-state index in [0.717, 1.165) is 17.3 Å². The van der Waals surface area contributed by atoms with Crippen LogP contribution in [0.15, 0.2) is 66.1 Å². The molecular weight excluding hydrogens is 447 g/mol. The molecule has 2 aromatic carbocycles. The smallest absolute Gasteiger partial charge is 0.322 e. The highest BCUT2D eigenvalue weighted by molar-refractivity contribution is 7.99. The van der Waals surface area contributed by atoms with Gasteiger partial charge in [-0.1, -0.05) is 54.2 Å². The zero-order chi connectivity index (χ0) is 23.4. The van der Waals surface area contributed by atoms with Crippen LogP contribution in [0, 0.1) is 5.82 Å². The topological polar surface area (TPSA) is 109 Å². The number of carbonyl (C=O) groups excluding carboxylic acids is 3. The highest BCUT2D eigenvalue weighted by atomic mass is 32.2. The summed E-state index contributed by atoms with van der Waals surface area (Å²) < 4.78 is 15.5. The Balaban J connectivity index is 1.35. The quantitative estimate of drug-likeness (QED) is 0.388. The molecule has 0 radical (unpaired) electrons. The van der Waals surface area contributed by atoms with E-state index in [1.165, 1.54) is 17.0 Å². The molecule has 0 spiro atoms. The highest BCUT2D eigenvalue weighted by Gasteiger charge is 2.48. The molecule has 11 heteroatoms. The molecule has 0 aliphatic carbocycles. The minimum Gasteiger partial charge on any atom is -0.322 e. The number of carbonyl (C=O) groups is 3. The fourth-order valence-electron chi connectivity index (χ4n) is 3.42. The third kappa shape index (κ3) is 4.87. The van der Waals surface area contributed by atoms with E-state index in [0.29, 0.717) is 23.0 Å². The number of halogens is 1. The monoisotopic (exact) mass is 468 g/mol. The number of aromatic nitrogens is 3. The molecule has 1 aliphatic heterocycles.